The summed E-state index contributed by atoms with van der Waals surface area (Å²) in [6.45, 7) is 5.17. The Morgan fingerprint density at radius 2 is 2.00 bits per heavy atom. The molecule has 2 rings (SSSR count). The van der Waals surface area contributed by atoms with Crippen molar-refractivity contribution >= 4 is 18.3 Å². The van der Waals surface area contributed by atoms with Crippen LogP contribution in [0.25, 0.3) is 0 Å². The van der Waals surface area contributed by atoms with Gasteiger partial charge in [0.25, 0.3) is 11.5 Å². The molecular formula is C12H19ClN4O3. The number of nitrogens with one attached hydrogen (secondary N) is 2. The Hall–Kier alpha value is -1.60. The standard InChI is InChI=1S/C12H18N4O3.ClH/c1-7-8(2)16(5-4-13-7)11(18)9-6-14-12(19)15(3)10(9)17;/h6-8,13H,4-5H2,1-3H3,(H,14,19);1H. The van der Waals surface area contributed by atoms with Gasteiger partial charge in [0.2, 0.25) is 0 Å². The summed E-state index contributed by atoms with van der Waals surface area (Å²) in [6.07, 6.45) is 1.20. The first-order chi connectivity index (χ1) is 8.93. The fourth-order valence-corrected chi connectivity index (χ4v) is 2.22. The average molecular weight is 303 g/mol. The van der Waals surface area contributed by atoms with Crippen molar-refractivity contribution in [3.8, 4) is 0 Å². The molecule has 2 heterocycles. The largest absolute Gasteiger partial charge is 0.333 e. The molecule has 112 valence electrons. The molecule has 2 unspecified atom stereocenters. The van der Waals surface area contributed by atoms with Crippen molar-refractivity contribution in [3.05, 3.63) is 32.6 Å². The van der Waals surface area contributed by atoms with Crippen LogP contribution < -0.4 is 16.6 Å². The van der Waals surface area contributed by atoms with Gasteiger partial charge in [0.15, 0.2) is 0 Å². The predicted octanol–water partition coefficient (Wildman–Crippen LogP) is -0.682. The molecule has 0 radical (unpaired) electrons. The number of hydrogen-bond donors (Lipinski definition) is 2. The van der Waals surface area contributed by atoms with E-state index in [1.54, 1.807) is 4.90 Å². The van der Waals surface area contributed by atoms with Gasteiger partial charge in [-0.05, 0) is 13.8 Å². The molecule has 2 atom stereocenters. The van der Waals surface area contributed by atoms with Crippen LogP contribution in [0.2, 0.25) is 0 Å². The quantitative estimate of drug-likeness (QED) is 0.719. The van der Waals surface area contributed by atoms with Crippen molar-refractivity contribution in [1.82, 2.24) is 19.8 Å². The lowest BCUT2D eigenvalue weighted by molar-refractivity contribution is 0.0600. The summed E-state index contributed by atoms with van der Waals surface area (Å²) in [5.74, 6) is -0.335. The first-order valence-electron chi connectivity index (χ1n) is 6.26. The Balaban J connectivity index is 0.00000200. The Morgan fingerprint density at radius 3 is 2.65 bits per heavy atom. The maximum atomic E-state index is 12.4. The van der Waals surface area contributed by atoms with Gasteiger partial charge in [-0.3, -0.25) is 14.2 Å². The molecule has 0 aliphatic carbocycles. The number of carbonyl (C=O) groups is 1. The molecule has 1 fully saturated rings. The first kappa shape index (κ1) is 16.5. The zero-order valence-corrected chi connectivity index (χ0v) is 12.5. The average Bonchev–Trinajstić information content (AvgIpc) is 2.39. The molecule has 0 saturated carbocycles. The highest BCUT2D eigenvalue weighted by atomic mass is 35.5. The smallest absolute Gasteiger partial charge is 0.328 e. The molecule has 8 heteroatoms. The van der Waals surface area contributed by atoms with E-state index in [0.717, 1.165) is 4.57 Å². The first-order valence-corrected chi connectivity index (χ1v) is 6.26. The van der Waals surface area contributed by atoms with Gasteiger partial charge in [-0.2, -0.15) is 0 Å². The lowest BCUT2D eigenvalue weighted by Crippen LogP contribution is -2.58. The summed E-state index contributed by atoms with van der Waals surface area (Å²) in [4.78, 5) is 39.7. The Kier molecular flexibility index (Phi) is 5.13. The molecule has 20 heavy (non-hydrogen) atoms. The molecule has 1 aromatic heterocycles. The van der Waals surface area contributed by atoms with E-state index in [9.17, 15) is 14.4 Å². The molecule has 0 bridgehead atoms. The van der Waals surface area contributed by atoms with E-state index >= 15 is 0 Å². The summed E-state index contributed by atoms with van der Waals surface area (Å²) in [5, 5.41) is 3.27. The Bertz CT molecular complexity index is 609. The maximum Gasteiger partial charge on any atom is 0.328 e. The highest BCUT2D eigenvalue weighted by Gasteiger charge is 2.30. The van der Waals surface area contributed by atoms with Gasteiger partial charge in [0, 0.05) is 38.4 Å². The van der Waals surface area contributed by atoms with Gasteiger partial charge in [0.05, 0.1) is 0 Å². The third-order valence-electron chi connectivity index (χ3n) is 3.71. The molecule has 7 nitrogen and oxygen atoms in total. The van der Waals surface area contributed by atoms with Crippen LogP contribution in [0.15, 0.2) is 15.8 Å². The lowest BCUT2D eigenvalue weighted by atomic mass is 10.1. The monoisotopic (exact) mass is 302 g/mol. The molecule has 1 aliphatic heterocycles. The molecular weight excluding hydrogens is 284 g/mol. The number of carbonyl (C=O) groups excluding carboxylic acids is 1. The Labute approximate surface area is 122 Å². The number of hydrogen-bond acceptors (Lipinski definition) is 4. The van der Waals surface area contributed by atoms with E-state index < -0.39 is 11.2 Å². The number of amides is 1. The molecule has 1 aromatic rings. The van der Waals surface area contributed by atoms with Gasteiger partial charge < -0.3 is 15.2 Å². The topological polar surface area (TPSA) is 87.2 Å². The number of piperazine rings is 1. The van der Waals surface area contributed by atoms with Gasteiger partial charge in [-0.15, -0.1) is 12.4 Å². The van der Waals surface area contributed by atoms with Crippen molar-refractivity contribution in [3.63, 3.8) is 0 Å². The highest BCUT2D eigenvalue weighted by molar-refractivity contribution is 5.93. The van der Waals surface area contributed by atoms with Crippen molar-refractivity contribution in [2.24, 2.45) is 7.05 Å². The fraction of sp³-hybridized carbons (Fsp3) is 0.583. The summed E-state index contributed by atoms with van der Waals surface area (Å²) in [5.41, 5.74) is -1.08. The Morgan fingerprint density at radius 1 is 1.35 bits per heavy atom. The summed E-state index contributed by atoms with van der Waals surface area (Å²) >= 11 is 0. The number of aromatic amines is 1. The van der Waals surface area contributed by atoms with Crippen LogP contribution in [0.4, 0.5) is 0 Å². The maximum absolute atomic E-state index is 12.4. The summed E-state index contributed by atoms with van der Waals surface area (Å²) in [6, 6.07) is 0.169. The third-order valence-corrected chi connectivity index (χ3v) is 3.71. The summed E-state index contributed by atoms with van der Waals surface area (Å²) in [7, 11) is 1.35. The lowest BCUT2D eigenvalue weighted by Gasteiger charge is -2.38. The van der Waals surface area contributed by atoms with Crippen LogP contribution in [-0.2, 0) is 7.05 Å². The van der Waals surface area contributed by atoms with Crippen LogP contribution >= 0.6 is 12.4 Å². The fourth-order valence-electron chi connectivity index (χ4n) is 2.22. The van der Waals surface area contributed by atoms with Crippen LogP contribution in [0.5, 0.6) is 0 Å². The second kappa shape index (κ2) is 6.23. The predicted molar refractivity (Wildman–Crippen MR) is 77.5 cm³/mol. The van der Waals surface area contributed by atoms with Gasteiger partial charge in [-0.25, -0.2) is 4.79 Å². The normalized spacial score (nSPS) is 22.2. The number of rotatable bonds is 1. The van der Waals surface area contributed by atoms with Crippen LogP contribution in [0.3, 0.4) is 0 Å². The van der Waals surface area contributed by atoms with Gasteiger partial charge >= 0.3 is 5.69 Å². The van der Waals surface area contributed by atoms with E-state index in [-0.39, 0.29) is 36.0 Å². The number of H-pyrrole nitrogens is 1. The molecule has 0 aromatic carbocycles. The number of halogens is 1. The van der Waals surface area contributed by atoms with Gasteiger partial charge in [0.1, 0.15) is 5.56 Å². The minimum Gasteiger partial charge on any atom is -0.333 e. The molecule has 1 saturated heterocycles. The van der Waals surface area contributed by atoms with Crippen LogP contribution in [0.1, 0.15) is 24.2 Å². The molecule has 0 spiro atoms. The molecule has 2 N–H and O–H groups in total. The zero-order chi connectivity index (χ0) is 14.2. The van der Waals surface area contributed by atoms with Crippen molar-refractivity contribution < 1.29 is 4.79 Å². The molecule has 1 amide bonds. The number of nitrogens with zero attached hydrogens (tertiary/aromatic N) is 2. The molecule has 1 aliphatic rings. The second-order valence-electron chi connectivity index (χ2n) is 4.85. The summed E-state index contributed by atoms with van der Waals surface area (Å²) < 4.78 is 0.906. The third kappa shape index (κ3) is 2.78. The van der Waals surface area contributed by atoms with E-state index in [1.165, 1.54) is 13.2 Å². The van der Waals surface area contributed by atoms with Crippen molar-refractivity contribution in [1.29, 1.82) is 0 Å². The highest BCUT2D eigenvalue weighted by Crippen LogP contribution is 2.11. The minimum absolute atomic E-state index is 0. The van der Waals surface area contributed by atoms with Crippen molar-refractivity contribution in [2.45, 2.75) is 25.9 Å². The van der Waals surface area contributed by atoms with Crippen LogP contribution in [-0.4, -0.2) is 45.5 Å². The van der Waals surface area contributed by atoms with Gasteiger partial charge in [-0.1, -0.05) is 0 Å². The zero-order valence-electron chi connectivity index (χ0n) is 11.7. The SMILES string of the molecule is CC1NCCN(C(=O)c2c[nH]c(=O)n(C)c2=O)C1C.Cl. The van der Waals surface area contributed by atoms with E-state index in [1.807, 2.05) is 13.8 Å². The van der Waals surface area contributed by atoms with E-state index in [0.29, 0.717) is 13.1 Å². The van der Waals surface area contributed by atoms with Crippen molar-refractivity contribution in [2.75, 3.05) is 13.1 Å². The second-order valence-corrected chi connectivity index (χ2v) is 4.85. The van der Waals surface area contributed by atoms with E-state index in [4.69, 9.17) is 0 Å². The van der Waals surface area contributed by atoms with Crippen LogP contribution in [0, 0.1) is 0 Å². The minimum atomic E-state index is -0.563. The van der Waals surface area contributed by atoms with E-state index in [2.05, 4.69) is 10.3 Å². The number of aromatic nitrogens is 2.